The van der Waals surface area contributed by atoms with Crippen LogP contribution in [0.4, 0.5) is 9.59 Å². The summed E-state index contributed by atoms with van der Waals surface area (Å²) in [5.74, 6) is -2.95. The van der Waals surface area contributed by atoms with Gasteiger partial charge in [0.1, 0.15) is 31.1 Å². The Morgan fingerprint density at radius 3 is 2.17 bits per heavy atom. The molecule has 0 amide bonds. The smallest absolute Gasteiger partial charge is 0.496 e. The summed E-state index contributed by atoms with van der Waals surface area (Å²) in [6.07, 6.45) is -3.07. The van der Waals surface area contributed by atoms with Gasteiger partial charge in [-0.25, -0.2) is 14.4 Å². The summed E-state index contributed by atoms with van der Waals surface area (Å²) in [6, 6.07) is 0. The van der Waals surface area contributed by atoms with Crippen LogP contribution in [0.25, 0.3) is 0 Å². The summed E-state index contributed by atoms with van der Waals surface area (Å²) in [4.78, 5) is 69.7. The number of carbonyl (C=O) groups excluding carboxylic acids is 3. The number of cyclic esters (lactones) is 1. The first-order valence-corrected chi connectivity index (χ1v) is 13.8. The van der Waals surface area contributed by atoms with Crippen LogP contribution >= 0.6 is 8.58 Å². The van der Waals surface area contributed by atoms with Gasteiger partial charge in [0.25, 0.3) is 0 Å². The third kappa shape index (κ3) is 10.2. The zero-order valence-corrected chi connectivity index (χ0v) is 24.1. The first kappa shape index (κ1) is 33.8. The van der Waals surface area contributed by atoms with E-state index < -0.39 is 55.5 Å². The second-order valence-electron chi connectivity index (χ2n) is 8.89. The molecule has 1 atom stereocenters. The number of allylic oxidation sites excluding steroid dienone is 2. The van der Waals surface area contributed by atoms with Crippen LogP contribution in [0.3, 0.4) is 0 Å². The van der Waals surface area contributed by atoms with Crippen molar-refractivity contribution in [3.05, 3.63) is 33.9 Å². The minimum atomic E-state index is -1.66. The Hall–Kier alpha value is -4.39. The molecule has 1 aliphatic heterocycles. The van der Waals surface area contributed by atoms with Crippen LogP contribution in [0.1, 0.15) is 46.8 Å². The monoisotopic (exact) mass is 614 g/mol. The van der Waals surface area contributed by atoms with E-state index in [0.29, 0.717) is 28.9 Å². The molecule has 16 heteroatoms. The van der Waals surface area contributed by atoms with Crippen molar-refractivity contribution in [1.29, 1.82) is 0 Å². The number of rotatable bonds is 16. The first-order chi connectivity index (χ1) is 19.8. The number of hydrogen-bond acceptors (Lipinski definition) is 12. The number of benzene rings is 1. The van der Waals surface area contributed by atoms with E-state index >= 15 is 0 Å². The molecule has 230 valence electrons. The number of aliphatic carboxylic acids is 1. The van der Waals surface area contributed by atoms with E-state index in [0.717, 1.165) is 5.57 Å². The Bertz CT molecular complexity index is 1230. The van der Waals surface area contributed by atoms with Crippen LogP contribution in [0.2, 0.25) is 0 Å². The van der Waals surface area contributed by atoms with E-state index in [1.807, 2.05) is 0 Å². The number of esters is 3. The predicted octanol–water partition coefficient (Wildman–Crippen LogP) is 2.91. The molecular weight excluding hydrogens is 583 g/mol. The second-order valence-corrected chi connectivity index (χ2v) is 10.1. The topological polar surface area (TPSA) is 218 Å². The van der Waals surface area contributed by atoms with E-state index in [1.54, 1.807) is 19.9 Å². The summed E-state index contributed by atoms with van der Waals surface area (Å²) in [5.41, 5.74) is 2.36. The third-order valence-electron chi connectivity index (χ3n) is 5.85. The van der Waals surface area contributed by atoms with Crippen molar-refractivity contribution in [2.45, 2.75) is 45.8 Å². The quantitative estimate of drug-likeness (QED) is 0.0801. The number of carbonyl (C=O) groups is 6. The van der Waals surface area contributed by atoms with E-state index in [9.17, 15) is 28.8 Å². The molecule has 3 N–H and O–H groups in total. The van der Waals surface area contributed by atoms with Crippen molar-refractivity contribution < 1.29 is 72.5 Å². The molecule has 1 heterocycles. The van der Waals surface area contributed by atoms with E-state index in [1.165, 1.54) is 7.11 Å². The highest BCUT2D eigenvalue weighted by molar-refractivity contribution is 7.40. The molecule has 0 aliphatic carbocycles. The molecule has 0 fully saturated rings. The standard InChI is InChI=1S/C26H31O15P/c1-13(5-7-18(27)28)4-6-16-22(36-3)14(2)17-10-37-24(31)21(17)23(16)41-20(30)12-42-11-19(29)40-15(8-38-25(32)33)9-39-26(34)35/h4,15,42H,5-12H2,1-3H3,(H,27,28)(H,32,33)(H,34,35)/b13-4+. The van der Waals surface area contributed by atoms with Crippen molar-refractivity contribution in [2.75, 3.05) is 32.6 Å². The van der Waals surface area contributed by atoms with Crippen LogP contribution < -0.4 is 9.47 Å². The zero-order valence-electron chi connectivity index (χ0n) is 23.1. The fourth-order valence-corrected chi connectivity index (χ4v) is 4.58. The van der Waals surface area contributed by atoms with E-state index in [-0.39, 0.29) is 51.7 Å². The van der Waals surface area contributed by atoms with E-state index in [4.69, 9.17) is 34.3 Å². The van der Waals surface area contributed by atoms with Gasteiger partial charge in [0.15, 0.2) is 11.9 Å². The van der Waals surface area contributed by atoms with Crippen LogP contribution in [-0.4, -0.2) is 90.3 Å². The largest absolute Gasteiger partial charge is 0.505 e. The number of methoxy groups -OCH3 is 1. The van der Waals surface area contributed by atoms with Crippen LogP contribution in [0, 0.1) is 6.92 Å². The van der Waals surface area contributed by atoms with Crippen molar-refractivity contribution >= 4 is 44.8 Å². The average molecular weight is 614 g/mol. The number of ether oxygens (including phenoxy) is 6. The maximum atomic E-state index is 12.8. The van der Waals surface area contributed by atoms with Crippen molar-refractivity contribution in [3.63, 3.8) is 0 Å². The van der Waals surface area contributed by atoms with Gasteiger partial charge in [-0.05, 0) is 32.3 Å². The first-order valence-electron chi connectivity index (χ1n) is 12.4. The van der Waals surface area contributed by atoms with Gasteiger partial charge in [-0.3, -0.25) is 14.4 Å². The minimum Gasteiger partial charge on any atom is -0.496 e. The minimum absolute atomic E-state index is 0.0411. The van der Waals surface area contributed by atoms with Gasteiger partial charge in [0.05, 0.1) is 19.4 Å². The Kier molecular flexibility index (Phi) is 13.0. The van der Waals surface area contributed by atoms with Gasteiger partial charge in [0, 0.05) is 17.5 Å². The maximum Gasteiger partial charge on any atom is 0.505 e. The number of carboxylic acid groups (broad SMARTS) is 3. The lowest BCUT2D eigenvalue weighted by molar-refractivity contribution is -0.151. The third-order valence-corrected chi connectivity index (χ3v) is 6.93. The van der Waals surface area contributed by atoms with E-state index in [2.05, 4.69) is 9.47 Å². The van der Waals surface area contributed by atoms with Gasteiger partial charge in [-0.1, -0.05) is 20.2 Å². The lowest BCUT2D eigenvalue weighted by atomic mass is 9.94. The molecule has 1 aliphatic rings. The average Bonchev–Trinajstić information content (AvgIpc) is 3.30. The summed E-state index contributed by atoms with van der Waals surface area (Å²) >= 11 is 0. The second kappa shape index (κ2) is 16.2. The fraction of sp³-hybridized carbons (Fsp3) is 0.462. The molecule has 42 heavy (non-hydrogen) atoms. The van der Waals surface area contributed by atoms with Crippen LogP contribution in [0.15, 0.2) is 11.6 Å². The highest BCUT2D eigenvalue weighted by Gasteiger charge is 2.34. The fourth-order valence-electron chi connectivity index (χ4n) is 3.89. The molecule has 1 aromatic carbocycles. The highest BCUT2D eigenvalue weighted by atomic mass is 31.1. The molecule has 0 aromatic heterocycles. The van der Waals surface area contributed by atoms with Gasteiger partial charge in [-0.2, -0.15) is 0 Å². The Morgan fingerprint density at radius 1 is 0.976 bits per heavy atom. The molecule has 2 rings (SSSR count). The van der Waals surface area contributed by atoms with Crippen LogP contribution in [0.5, 0.6) is 11.5 Å². The lowest BCUT2D eigenvalue weighted by Gasteiger charge is -2.19. The highest BCUT2D eigenvalue weighted by Crippen LogP contribution is 2.43. The molecule has 0 saturated carbocycles. The Balaban J connectivity index is 2.15. The molecule has 0 radical (unpaired) electrons. The summed E-state index contributed by atoms with van der Waals surface area (Å²) < 4.78 is 30.0. The maximum absolute atomic E-state index is 12.8. The molecule has 1 aromatic rings. The Morgan fingerprint density at radius 2 is 1.60 bits per heavy atom. The van der Waals surface area contributed by atoms with Gasteiger partial charge in [-0.15, -0.1) is 0 Å². The molecule has 1 unspecified atom stereocenters. The van der Waals surface area contributed by atoms with Gasteiger partial charge in [0.2, 0.25) is 0 Å². The summed E-state index contributed by atoms with van der Waals surface area (Å²) in [5, 5.41) is 26.2. The Labute approximate surface area is 241 Å². The molecule has 0 bridgehead atoms. The van der Waals surface area contributed by atoms with Crippen molar-refractivity contribution in [1.82, 2.24) is 0 Å². The lowest BCUT2D eigenvalue weighted by Crippen LogP contribution is -2.31. The number of fused-ring (bicyclic) bond motifs is 1. The normalized spacial score (nSPS) is 12.6. The number of hydrogen-bond donors (Lipinski definition) is 3. The molecule has 15 nitrogen and oxygen atoms in total. The van der Waals surface area contributed by atoms with Crippen molar-refractivity contribution in [2.24, 2.45) is 0 Å². The summed E-state index contributed by atoms with van der Waals surface area (Å²) in [7, 11) is 1.07. The zero-order chi connectivity index (χ0) is 31.4. The molecular formula is C26H31O15P. The molecule has 0 spiro atoms. The van der Waals surface area contributed by atoms with Gasteiger partial charge < -0.3 is 43.7 Å². The van der Waals surface area contributed by atoms with Gasteiger partial charge >= 0.3 is 36.2 Å². The predicted molar refractivity (Wildman–Crippen MR) is 143 cm³/mol. The number of carboxylic acids is 1. The molecule has 0 saturated heterocycles. The summed E-state index contributed by atoms with van der Waals surface area (Å²) in [6.45, 7) is 2.12. The SMILES string of the molecule is COc1c(C)c2c(c(OC(=O)CPCC(=O)OC(COC(=O)O)COC(=O)O)c1C/C=C(\C)CCC(=O)O)C(=O)OC2. The van der Waals surface area contributed by atoms with Crippen molar-refractivity contribution in [3.8, 4) is 11.5 Å². The van der Waals surface area contributed by atoms with Crippen LogP contribution in [-0.2, 0) is 46.4 Å².